The van der Waals surface area contributed by atoms with E-state index < -0.39 is 11.7 Å². The number of aliphatic hydroxyl groups excluding tert-OH is 1. The van der Waals surface area contributed by atoms with Crippen molar-refractivity contribution >= 4 is 10.9 Å². The Balaban J connectivity index is 0.00000486. The lowest BCUT2D eigenvalue weighted by Gasteiger charge is -2.53. The monoisotopic (exact) mass is 753 g/mol. The molecule has 0 spiro atoms. The third-order valence-corrected chi connectivity index (χ3v) is 12.2. The zero-order chi connectivity index (χ0) is 34.1. The molecule has 0 unspecified atom stereocenters. The van der Waals surface area contributed by atoms with Crippen molar-refractivity contribution in [1.29, 1.82) is 0 Å². The Hall–Kier alpha value is -2.27. The number of ether oxygens (including phenoxy) is 1. The summed E-state index contributed by atoms with van der Waals surface area (Å²) in [6, 6.07) is 16.6. The van der Waals surface area contributed by atoms with E-state index in [1.807, 2.05) is 18.2 Å². The van der Waals surface area contributed by atoms with Gasteiger partial charge in [0.1, 0.15) is 24.0 Å². The van der Waals surface area contributed by atoms with Gasteiger partial charge in [0.15, 0.2) is 0 Å². The maximum Gasteiger partial charge on any atom is 0.248 e. The summed E-state index contributed by atoms with van der Waals surface area (Å²) in [5, 5.41) is 36.8. The molecule has 2 bridgehead atoms. The number of hydrogen-bond acceptors (Lipinski definition) is 6. The van der Waals surface area contributed by atoms with Crippen LogP contribution in [0.5, 0.6) is 5.75 Å². The Bertz CT molecular complexity index is 1520. The molecule has 0 radical (unpaired) electrons. The van der Waals surface area contributed by atoms with Gasteiger partial charge in [0.25, 0.3) is 0 Å². The highest BCUT2D eigenvalue weighted by Gasteiger charge is 2.48. The number of nitrogens with one attached hydrogen (secondary N) is 2. The Morgan fingerprint density at radius 2 is 1.56 bits per heavy atom. The van der Waals surface area contributed by atoms with E-state index in [0.29, 0.717) is 41.5 Å². The van der Waals surface area contributed by atoms with E-state index in [1.54, 1.807) is 12.1 Å². The molecule has 1 aromatic heterocycles. The predicted molar refractivity (Wildman–Crippen MR) is 195 cm³/mol. The summed E-state index contributed by atoms with van der Waals surface area (Å²) in [7, 11) is 0. The lowest BCUT2D eigenvalue weighted by atomic mass is 9.80. The summed E-state index contributed by atoms with van der Waals surface area (Å²) in [6.07, 6.45) is 16.7. The zero-order valence-corrected chi connectivity index (χ0v) is 31.4. The van der Waals surface area contributed by atoms with Gasteiger partial charge in [-0.25, -0.2) is 0 Å². The second kappa shape index (κ2) is 18.5. The molecular weight excluding hydrogens is 694 g/mol. The van der Waals surface area contributed by atoms with E-state index in [-0.39, 0.29) is 34.4 Å². The predicted octanol–water partition coefficient (Wildman–Crippen LogP) is 3.69. The first-order chi connectivity index (χ1) is 23.9. The molecule has 5 N–H and O–H groups in total. The lowest BCUT2D eigenvalue weighted by molar-refractivity contribution is -0.946. The molecule has 1 aliphatic carbocycles. The summed E-state index contributed by atoms with van der Waals surface area (Å²) in [4.78, 5) is 14.3. The van der Waals surface area contributed by atoms with Crippen molar-refractivity contribution in [1.82, 2.24) is 10.3 Å². The molecule has 4 aliphatic rings. The van der Waals surface area contributed by atoms with Gasteiger partial charge >= 0.3 is 0 Å². The minimum atomic E-state index is -0.873. The molecule has 3 saturated heterocycles. The molecule has 7 rings (SSSR count). The number of aromatic amines is 1. The van der Waals surface area contributed by atoms with Crippen molar-refractivity contribution in [2.75, 3.05) is 45.9 Å². The number of hydrogen-bond donors (Lipinski definition) is 5. The number of piperidine rings is 3. The highest BCUT2D eigenvalue weighted by molar-refractivity contribution is 5.87. The summed E-state index contributed by atoms with van der Waals surface area (Å²) in [5.74, 6) is 0.954. The van der Waals surface area contributed by atoms with Crippen LogP contribution < -0.4 is 27.9 Å². The summed E-state index contributed by atoms with van der Waals surface area (Å²) >= 11 is 0. The fourth-order valence-electron chi connectivity index (χ4n) is 9.18. The number of benzene rings is 2. The number of phenols is 1. The quantitative estimate of drug-likeness (QED) is 0.0944. The number of quaternary nitrogens is 1. The van der Waals surface area contributed by atoms with Gasteiger partial charge in [0, 0.05) is 36.8 Å². The second-order valence-electron chi connectivity index (χ2n) is 15.5. The number of halogens is 1. The van der Waals surface area contributed by atoms with Crippen molar-refractivity contribution in [3.8, 4) is 5.75 Å². The van der Waals surface area contributed by atoms with Crippen LogP contribution in [0.3, 0.4) is 0 Å². The molecule has 3 atom stereocenters. The molecule has 50 heavy (non-hydrogen) atoms. The topological polar surface area (TPSA) is 115 Å². The highest BCUT2D eigenvalue weighted by Crippen LogP contribution is 2.43. The fourth-order valence-corrected chi connectivity index (χ4v) is 9.18. The maximum absolute atomic E-state index is 12.0. The lowest BCUT2D eigenvalue weighted by Crippen LogP contribution is -3.00. The van der Waals surface area contributed by atoms with Crippen molar-refractivity contribution < 1.29 is 41.5 Å². The number of pyridine rings is 1. The van der Waals surface area contributed by atoms with Gasteiger partial charge in [-0.3, -0.25) is 4.79 Å². The largest absolute Gasteiger partial charge is 1.00 e. The molecule has 8 nitrogen and oxygen atoms in total. The van der Waals surface area contributed by atoms with E-state index in [9.17, 15) is 20.1 Å². The molecule has 9 heteroatoms. The number of aromatic nitrogens is 1. The molecule has 4 fully saturated rings. The molecule has 0 amide bonds. The van der Waals surface area contributed by atoms with Crippen LogP contribution >= 0.6 is 0 Å². The van der Waals surface area contributed by atoms with E-state index in [0.717, 1.165) is 37.9 Å². The number of rotatable bonds is 19. The van der Waals surface area contributed by atoms with Gasteiger partial charge in [-0.15, -0.1) is 0 Å². The van der Waals surface area contributed by atoms with Gasteiger partial charge in [-0.1, -0.05) is 81.3 Å². The Morgan fingerprint density at radius 1 is 0.880 bits per heavy atom. The zero-order valence-electron chi connectivity index (χ0n) is 29.8. The number of fused-ring (bicyclic) bond motifs is 4. The Kier molecular flexibility index (Phi) is 14.4. The number of unbranched alkanes of at least 4 members (excludes halogenated alkanes) is 7. The van der Waals surface area contributed by atoms with Crippen LogP contribution in [0.25, 0.3) is 10.9 Å². The Labute approximate surface area is 309 Å². The second-order valence-corrected chi connectivity index (χ2v) is 15.5. The summed E-state index contributed by atoms with van der Waals surface area (Å²) < 4.78 is 7.95. The van der Waals surface area contributed by atoms with E-state index >= 15 is 0 Å². The number of phenolic OH excluding ortho intramolecular Hbond substituents is 1. The number of H-pyrrole nitrogens is 1. The first kappa shape index (κ1) is 38.9. The first-order valence-corrected chi connectivity index (χ1v) is 19.4. The van der Waals surface area contributed by atoms with E-state index in [2.05, 4.69) is 22.4 Å². The van der Waals surface area contributed by atoms with E-state index in [4.69, 9.17) is 4.74 Å². The molecule has 3 aliphatic heterocycles. The number of aromatic hydroxyl groups is 1. The van der Waals surface area contributed by atoms with Crippen LogP contribution in [-0.4, -0.2) is 76.8 Å². The van der Waals surface area contributed by atoms with Crippen LogP contribution in [0.2, 0.25) is 0 Å². The third-order valence-electron chi connectivity index (χ3n) is 12.2. The fraction of sp³-hybridized carbons (Fsp3) is 0.634. The van der Waals surface area contributed by atoms with Crippen LogP contribution in [-0.2, 0) is 10.3 Å². The van der Waals surface area contributed by atoms with Gasteiger partial charge < -0.3 is 51.8 Å². The van der Waals surface area contributed by atoms with Crippen molar-refractivity contribution in [2.24, 2.45) is 11.8 Å². The van der Waals surface area contributed by atoms with Crippen molar-refractivity contribution in [3.63, 3.8) is 0 Å². The standard InChI is InChI=1S/C41H59N3O5.BrH/c45-36-20-18-34(35-19-21-39(47)43-40(35)36)37(46)28-42-24-12-5-3-1-2-4-6-13-25-44-26-22-31(23-27-44)38(29-44)49-30-41(48,33-16-10-11-17-33)32-14-8-7-9-15-32;/h7-9,14-15,18-21,31,33,37-38,42,46,48H,1-6,10-13,16-17,22-30H2,(H-,43,45,47);1H/t31?,37-,38-,41+,44?;/m0./s1. The van der Waals surface area contributed by atoms with Gasteiger partial charge in [-0.05, 0) is 67.8 Å². The first-order valence-electron chi connectivity index (χ1n) is 19.4. The molecule has 3 aromatic rings. The van der Waals surface area contributed by atoms with Crippen LogP contribution in [0.1, 0.15) is 107 Å². The van der Waals surface area contributed by atoms with Crippen LogP contribution in [0, 0.1) is 11.8 Å². The summed E-state index contributed by atoms with van der Waals surface area (Å²) in [5.41, 5.74) is 0.946. The molecule has 2 aromatic carbocycles. The number of aliphatic hydroxyl groups is 2. The molecule has 1 saturated carbocycles. The average molecular weight is 755 g/mol. The van der Waals surface area contributed by atoms with E-state index in [1.165, 1.54) is 107 Å². The third kappa shape index (κ3) is 9.58. The van der Waals surface area contributed by atoms with Gasteiger partial charge in [-0.2, -0.15) is 0 Å². The normalized spacial score (nSPS) is 23.9. The van der Waals surface area contributed by atoms with Gasteiger partial charge in [0.2, 0.25) is 5.56 Å². The minimum Gasteiger partial charge on any atom is -1.00 e. The van der Waals surface area contributed by atoms with Crippen LogP contribution in [0.4, 0.5) is 0 Å². The highest BCUT2D eigenvalue weighted by atomic mass is 79.9. The molecular formula is C41H60BrN3O5. The maximum atomic E-state index is 12.0. The molecule has 4 heterocycles. The Morgan fingerprint density at radius 3 is 2.28 bits per heavy atom. The minimum absolute atomic E-state index is 0. The average Bonchev–Trinajstić information content (AvgIpc) is 3.68. The summed E-state index contributed by atoms with van der Waals surface area (Å²) in [6.45, 7) is 6.72. The van der Waals surface area contributed by atoms with Crippen LogP contribution in [0.15, 0.2) is 59.4 Å². The van der Waals surface area contributed by atoms with Crippen molar-refractivity contribution in [3.05, 3.63) is 76.1 Å². The smallest absolute Gasteiger partial charge is 0.248 e. The SMILES string of the molecule is O=c1ccc2c([C@@H](O)CNCCCCCCCCCC[N+]34CCC(CC3)[C@@H](OC[C@@](O)(c3ccccc3)C3CCCC3)C4)ccc(O)c2[nH]1.[Br-]. The van der Waals surface area contributed by atoms with Gasteiger partial charge in [0.05, 0.1) is 37.9 Å². The number of nitrogens with zero attached hydrogens (tertiary/aromatic N) is 1. The molecule has 276 valence electrons. The van der Waals surface area contributed by atoms with Crippen molar-refractivity contribution in [2.45, 2.75) is 108 Å².